The molecule has 0 saturated carbocycles. The number of aromatic carboxylic acids is 1. The maximum atomic E-state index is 10.9. The zero-order chi connectivity index (χ0) is 12.3. The van der Waals surface area contributed by atoms with Gasteiger partial charge in [0.2, 0.25) is 0 Å². The lowest BCUT2D eigenvalue weighted by Gasteiger charge is -2.05. The van der Waals surface area contributed by atoms with E-state index in [1.807, 2.05) is 0 Å². The van der Waals surface area contributed by atoms with Crippen molar-refractivity contribution in [2.75, 3.05) is 0 Å². The number of carboxylic acid groups (broad SMARTS) is 1. The molecular weight excluding hydrogens is 236 g/mol. The van der Waals surface area contributed by atoms with Gasteiger partial charge in [0.05, 0.1) is 27.5 Å². The van der Waals surface area contributed by atoms with Crippen molar-refractivity contribution in [3.63, 3.8) is 0 Å². The topological polar surface area (TPSA) is 104 Å². The number of alkyl halides is 1. The van der Waals surface area contributed by atoms with Gasteiger partial charge in [-0.2, -0.15) is 5.26 Å². The van der Waals surface area contributed by atoms with Crippen LogP contribution < -0.4 is 0 Å². The van der Waals surface area contributed by atoms with Crippen LogP contribution in [0, 0.1) is 21.4 Å². The molecule has 0 heterocycles. The van der Waals surface area contributed by atoms with E-state index in [0.29, 0.717) is 0 Å². The van der Waals surface area contributed by atoms with E-state index >= 15 is 0 Å². The Labute approximate surface area is 94.8 Å². The van der Waals surface area contributed by atoms with Gasteiger partial charge in [0.15, 0.2) is 0 Å². The Bertz CT molecular complexity index is 507. The molecule has 16 heavy (non-hydrogen) atoms. The highest BCUT2D eigenvalue weighted by Gasteiger charge is 2.24. The van der Waals surface area contributed by atoms with Gasteiger partial charge in [0.1, 0.15) is 6.07 Å². The number of halogens is 1. The molecule has 82 valence electrons. The second-order valence-electron chi connectivity index (χ2n) is 2.79. The summed E-state index contributed by atoms with van der Waals surface area (Å²) in [4.78, 5) is 20.8. The number of carboxylic acids is 1. The number of carbonyl (C=O) groups is 1. The fourth-order valence-corrected chi connectivity index (χ4v) is 1.55. The molecule has 0 unspecified atom stereocenters. The molecule has 0 spiro atoms. The Morgan fingerprint density at radius 3 is 2.62 bits per heavy atom. The maximum absolute atomic E-state index is 10.9. The zero-order valence-electron chi connectivity index (χ0n) is 7.81. The van der Waals surface area contributed by atoms with Crippen molar-refractivity contribution in [3.05, 3.63) is 38.9 Å². The molecule has 0 bridgehead atoms. The third-order valence-electron chi connectivity index (χ3n) is 1.95. The van der Waals surface area contributed by atoms with Gasteiger partial charge in [0.25, 0.3) is 5.69 Å². The minimum atomic E-state index is -1.41. The SMILES string of the molecule is N#Cc1ccc([N+](=O)[O-])c(CCl)c1C(=O)O. The number of rotatable bonds is 3. The Balaban J connectivity index is 3.64. The quantitative estimate of drug-likeness (QED) is 0.494. The summed E-state index contributed by atoms with van der Waals surface area (Å²) < 4.78 is 0. The molecule has 1 rings (SSSR count). The molecule has 0 amide bonds. The number of nitro benzene ring substituents is 1. The van der Waals surface area contributed by atoms with Gasteiger partial charge < -0.3 is 5.11 Å². The summed E-state index contributed by atoms with van der Waals surface area (Å²) in [7, 11) is 0. The Hall–Kier alpha value is -2.13. The Kier molecular flexibility index (Phi) is 3.43. The number of nitro groups is 1. The lowest BCUT2D eigenvalue weighted by Crippen LogP contribution is -2.07. The predicted molar refractivity (Wildman–Crippen MR) is 54.3 cm³/mol. The molecule has 1 N–H and O–H groups in total. The Morgan fingerprint density at radius 2 is 2.25 bits per heavy atom. The van der Waals surface area contributed by atoms with Crippen LogP contribution in [0.2, 0.25) is 0 Å². The van der Waals surface area contributed by atoms with Crippen molar-refractivity contribution in [2.45, 2.75) is 5.88 Å². The normalized spacial score (nSPS) is 9.50. The van der Waals surface area contributed by atoms with Crippen LogP contribution in [-0.2, 0) is 5.88 Å². The molecule has 0 aliphatic carbocycles. The summed E-state index contributed by atoms with van der Waals surface area (Å²) in [5.41, 5.74) is -1.11. The smallest absolute Gasteiger partial charge is 0.337 e. The highest BCUT2D eigenvalue weighted by molar-refractivity contribution is 6.18. The Morgan fingerprint density at radius 1 is 1.62 bits per heavy atom. The van der Waals surface area contributed by atoms with Crippen molar-refractivity contribution in [1.82, 2.24) is 0 Å². The lowest BCUT2D eigenvalue weighted by molar-refractivity contribution is -0.385. The summed E-state index contributed by atoms with van der Waals surface area (Å²) in [6.45, 7) is 0. The van der Waals surface area contributed by atoms with E-state index in [2.05, 4.69) is 0 Å². The number of benzene rings is 1. The predicted octanol–water partition coefficient (Wildman–Crippen LogP) is 1.90. The van der Waals surface area contributed by atoms with E-state index in [-0.39, 0.29) is 17.0 Å². The highest BCUT2D eigenvalue weighted by atomic mass is 35.5. The number of nitrogens with zero attached hydrogens (tertiary/aromatic N) is 2. The summed E-state index contributed by atoms with van der Waals surface area (Å²) in [6.07, 6.45) is 0. The van der Waals surface area contributed by atoms with Crippen molar-refractivity contribution < 1.29 is 14.8 Å². The van der Waals surface area contributed by atoms with E-state index in [1.165, 1.54) is 0 Å². The van der Waals surface area contributed by atoms with Crippen molar-refractivity contribution in [1.29, 1.82) is 5.26 Å². The molecule has 6 nitrogen and oxygen atoms in total. The minimum absolute atomic E-state index is 0.145. The molecule has 0 saturated heterocycles. The van der Waals surface area contributed by atoms with Crippen LogP contribution in [-0.4, -0.2) is 16.0 Å². The van der Waals surface area contributed by atoms with Crippen molar-refractivity contribution in [2.24, 2.45) is 0 Å². The van der Waals surface area contributed by atoms with Crippen LogP contribution in [0.1, 0.15) is 21.5 Å². The first kappa shape index (κ1) is 11.9. The van der Waals surface area contributed by atoms with Crippen LogP contribution in [0.15, 0.2) is 12.1 Å². The second kappa shape index (κ2) is 4.59. The number of hydrogen-bond acceptors (Lipinski definition) is 4. The molecule has 1 aromatic carbocycles. The van der Waals surface area contributed by atoms with Crippen LogP contribution in [0.3, 0.4) is 0 Å². The first-order valence-electron chi connectivity index (χ1n) is 4.02. The van der Waals surface area contributed by atoms with Gasteiger partial charge in [0, 0.05) is 6.07 Å². The van der Waals surface area contributed by atoms with E-state index in [9.17, 15) is 14.9 Å². The minimum Gasteiger partial charge on any atom is -0.478 e. The summed E-state index contributed by atoms with van der Waals surface area (Å²) in [5.74, 6) is -1.75. The van der Waals surface area contributed by atoms with E-state index < -0.39 is 22.1 Å². The van der Waals surface area contributed by atoms with Crippen LogP contribution >= 0.6 is 11.6 Å². The van der Waals surface area contributed by atoms with E-state index in [4.69, 9.17) is 22.0 Å². The third kappa shape index (κ3) is 1.94. The first-order chi connectivity index (χ1) is 7.52. The molecule has 0 atom stereocenters. The average molecular weight is 241 g/mol. The maximum Gasteiger partial charge on any atom is 0.337 e. The fourth-order valence-electron chi connectivity index (χ4n) is 1.28. The van der Waals surface area contributed by atoms with Gasteiger partial charge in [-0.05, 0) is 6.07 Å². The molecule has 0 aliphatic rings. The van der Waals surface area contributed by atoms with Crippen LogP contribution in [0.5, 0.6) is 0 Å². The standard InChI is InChI=1S/C9H5ClN2O4/c10-3-6-7(12(15)16)2-1-5(4-11)8(6)9(13)14/h1-2H,3H2,(H,13,14). The first-order valence-corrected chi connectivity index (χ1v) is 4.56. The van der Waals surface area contributed by atoms with Gasteiger partial charge in [-0.25, -0.2) is 4.79 Å². The van der Waals surface area contributed by atoms with E-state index in [0.717, 1.165) is 12.1 Å². The van der Waals surface area contributed by atoms with Crippen molar-refractivity contribution in [3.8, 4) is 6.07 Å². The molecule has 0 fully saturated rings. The zero-order valence-corrected chi connectivity index (χ0v) is 8.56. The molecule has 0 radical (unpaired) electrons. The summed E-state index contributed by atoms with van der Waals surface area (Å²) in [6, 6.07) is 3.82. The average Bonchev–Trinajstić information content (AvgIpc) is 2.26. The molecule has 7 heteroatoms. The van der Waals surface area contributed by atoms with E-state index in [1.54, 1.807) is 6.07 Å². The third-order valence-corrected chi connectivity index (χ3v) is 2.22. The monoisotopic (exact) mass is 240 g/mol. The van der Waals surface area contributed by atoms with Crippen LogP contribution in [0.25, 0.3) is 0 Å². The summed E-state index contributed by atoms with van der Waals surface area (Å²) >= 11 is 5.48. The van der Waals surface area contributed by atoms with Gasteiger partial charge >= 0.3 is 5.97 Å². The largest absolute Gasteiger partial charge is 0.478 e. The van der Waals surface area contributed by atoms with Gasteiger partial charge in [-0.15, -0.1) is 11.6 Å². The number of hydrogen-bond donors (Lipinski definition) is 1. The highest BCUT2D eigenvalue weighted by Crippen LogP contribution is 2.27. The second-order valence-corrected chi connectivity index (χ2v) is 3.06. The molecule has 0 aromatic heterocycles. The van der Waals surface area contributed by atoms with Gasteiger partial charge in [-0.1, -0.05) is 0 Å². The fraction of sp³-hybridized carbons (Fsp3) is 0.111. The molecule has 1 aromatic rings. The van der Waals surface area contributed by atoms with Crippen LogP contribution in [0.4, 0.5) is 5.69 Å². The number of nitriles is 1. The summed E-state index contributed by atoms with van der Waals surface area (Å²) in [5, 5.41) is 28.2. The molecule has 0 aliphatic heterocycles. The van der Waals surface area contributed by atoms with Crippen molar-refractivity contribution >= 4 is 23.3 Å². The lowest BCUT2D eigenvalue weighted by atomic mass is 10.0. The van der Waals surface area contributed by atoms with Gasteiger partial charge in [-0.3, -0.25) is 10.1 Å². The molecular formula is C9H5ClN2O4.